The van der Waals surface area contributed by atoms with E-state index in [9.17, 15) is 5.11 Å². The third-order valence-corrected chi connectivity index (χ3v) is 2.05. The van der Waals surface area contributed by atoms with Gasteiger partial charge < -0.3 is 5.11 Å². The molecule has 0 spiro atoms. The Labute approximate surface area is 79.0 Å². The average molecular weight is 176 g/mol. The molecule has 70 valence electrons. The van der Waals surface area contributed by atoms with Gasteiger partial charge in [0.05, 0.1) is 0 Å². The van der Waals surface area contributed by atoms with Gasteiger partial charge in [0.1, 0.15) is 5.75 Å². The summed E-state index contributed by atoms with van der Waals surface area (Å²) in [6, 6.07) is 3.89. The van der Waals surface area contributed by atoms with Crippen LogP contribution in [0.5, 0.6) is 5.75 Å². The molecule has 1 rings (SSSR count). The van der Waals surface area contributed by atoms with Gasteiger partial charge in [0.2, 0.25) is 0 Å². The second kappa shape index (κ2) is 4.13. The van der Waals surface area contributed by atoms with Crippen molar-refractivity contribution in [1.82, 2.24) is 0 Å². The van der Waals surface area contributed by atoms with Crippen LogP contribution in [-0.4, -0.2) is 5.11 Å². The third kappa shape index (κ3) is 2.11. The Hall–Kier alpha value is -1.24. The molecule has 0 heterocycles. The van der Waals surface area contributed by atoms with E-state index in [1.807, 2.05) is 19.9 Å². The zero-order chi connectivity index (χ0) is 9.84. The van der Waals surface area contributed by atoms with E-state index in [1.165, 1.54) is 0 Å². The average Bonchev–Trinajstić information content (AvgIpc) is 2.04. The van der Waals surface area contributed by atoms with Gasteiger partial charge in [-0.15, -0.1) is 0 Å². The molecular formula is C12H16O. The Morgan fingerprint density at radius 1 is 1.38 bits per heavy atom. The predicted octanol–water partition coefficient (Wildman–Crippen LogP) is 1.69. The minimum Gasteiger partial charge on any atom is -0.507 e. The highest BCUT2D eigenvalue weighted by molar-refractivity contribution is 5.40. The van der Waals surface area contributed by atoms with Crippen molar-refractivity contribution in [1.29, 1.82) is 0 Å². The van der Waals surface area contributed by atoms with Crippen LogP contribution in [0.4, 0.5) is 0 Å². The van der Waals surface area contributed by atoms with E-state index in [2.05, 4.69) is 19.1 Å². The predicted molar refractivity (Wildman–Crippen MR) is 57.0 cm³/mol. The Morgan fingerprint density at radius 2 is 2.08 bits per heavy atom. The molecule has 13 heavy (non-hydrogen) atoms. The lowest BCUT2D eigenvalue weighted by Crippen LogP contribution is -2.24. The lowest BCUT2D eigenvalue weighted by atomic mass is 10.1. The molecule has 0 unspecified atom stereocenters. The van der Waals surface area contributed by atoms with Crippen molar-refractivity contribution < 1.29 is 5.11 Å². The molecule has 1 nitrogen and oxygen atoms in total. The highest BCUT2D eigenvalue weighted by atomic mass is 16.3. The molecule has 1 N–H and O–H groups in total. The fourth-order valence-corrected chi connectivity index (χ4v) is 1.51. The standard InChI is InChI=1S/C12H16O/c1-4-6-10-7-9(3)8-12(13)11(10)5-2/h5-8,13H,4H2,1-3H3/b10-6-,11-5+. The van der Waals surface area contributed by atoms with Crippen molar-refractivity contribution in [2.24, 2.45) is 0 Å². The van der Waals surface area contributed by atoms with Gasteiger partial charge in [-0.2, -0.15) is 0 Å². The zero-order valence-electron chi connectivity index (χ0n) is 8.46. The van der Waals surface area contributed by atoms with Crippen LogP contribution in [0.25, 0.3) is 12.2 Å². The molecule has 1 aromatic carbocycles. The molecule has 0 saturated heterocycles. The van der Waals surface area contributed by atoms with E-state index in [4.69, 9.17) is 0 Å². The summed E-state index contributed by atoms with van der Waals surface area (Å²) < 4.78 is 0. The number of phenols is 1. The topological polar surface area (TPSA) is 20.2 Å². The van der Waals surface area contributed by atoms with Crippen molar-refractivity contribution in [3.8, 4) is 5.75 Å². The normalized spacial score (nSPS) is 13.8. The second-order valence-electron chi connectivity index (χ2n) is 3.19. The molecule has 0 bridgehead atoms. The fraction of sp³-hybridized carbons (Fsp3) is 0.333. The minimum atomic E-state index is 0.377. The monoisotopic (exact) mass is 176 g/mol. The fourth-order valence-electron chi connectivity index (χ4n) is 1.51. The number of phenolic OH excluding ortho intramolecular Hbond substituents is 1. The van der Waals surface area contributed by atoms with Crippen molar-refractivity contribution in [2.75, 3.05) is 0 Å². The molecule has 0 radical (unpaired) electrons. The highest BCUT2D eigenvalue weighted by Crippen LogP contribution is 2.01. The van der Waals surface area contributed by atoms with E-state index < -0.39 is 0 Å². The zero-order valence-corrected chi connectivity index (χ0v) is 8.46. The summed E-state index contributed by atoms with van der Waals surface area (Å²) in [5.41, 5.74) is 1.10. The van der Waals surface area contributed by atoms with Crippen molar-refractivity contribution in [3.05, 3.63) is 28.1 Å². The van der Waals surface area contributed by atoms with E-state index in [-0.39, 0.29) is 0 Å². The number of hydrogen-bond acceptors (Lipinski definition) is 1. The summed E-state index contributed by atoms with van der Waals surface area (Å²) in [5.74, 6) is 0.377. The Morgan fingerprint density at radius 3 is 2.62 bits per heavy atom. The van der Waals surface area contributed by atoms with Gasteiger partial charge >= 0.3 is 0 Å². The molecule has 0 saturated carbocycles. The van der Waals surface area contributed by atoms with Crippen LogP contribution >= 0.6 is 0 Å². The van der Waals surface area contributed by atoms with Gasteiger partial charge in [-0.05, 0) is 37.1 Å². The van der Waals surface area contributed by atoms with Crippen LogP contribution in [0.15, 0.2) is 12.1 Å². The third-order valence-electron chi connectivity index (χ3n) is 2.05. The van der Waals surface area contributed by atoms with Crippen molar-refractivity contribution >= 4 is 12.2 Å². The van der Waals surface area contributed by atoms with Gasteiger partial charge in [-0.25, -0.2) is 0 Å². The van der Waals surface area contributed by atoms with E-state index in [1.54, 1.807) is 6.07 Å². The van der Waals surface area contributed by atoms with Gasteiger partial charge in [0.25, 0.3) is 0 Å². The smallest absolute Gasteiger partial charge is 0.123 e. The summed E-state index contributed by atoms with van der Waals surface area (Å²) in [5, 5.41) is 11.7. The summed E-state index contributed by atoms with van der Waals surface area (Å²) in [7, 11) is 0. The van der Waals surface area contributed by atoms with E-state index in [0.717, 1.165) is 22.4 Å². The van der Waals surface area contributed by atoms with Crippen LogP contribution in [0.2, 0.25) is 0 Å². The van der Waals surface area contributed by atoms with Gasteiger partial charge in [0.15, 0.2) is 0 Å². The van der Waals surface area contributed by atoms with Crippen molar-refractivity contribution in [3.63, 3.8) is 0 Å². The molecule has 1 heteroatoms. The van der Waals surface area contributed by atoms with Crippen LogP contribution in [0, 0.1) is 6.92 Å². The first-order chi connectivity index (χ1) is 6.19. The first-order valence-corrected chi connectivity index (χ1v) is 4.65. The number of rotatable bonds is 1. The maximum Gasteiger partial charge on any atom is 0.123 e. The maximum absolute atomic E-state index is 9.65. The minimum absolute atomic E-state index is 0.377. The molecule has 0 aliphatic rings. The van der Waals surface area contributed by atoms with E-state index >= 15 is 0 Å². The summed E-state index contributed by atoms with van der Waals surface area (Å²) in [6.07, 6.45) is 5.06. The quantitative estimate of drug-likeness (QED) is 0.690. The van der Waals surface area contributed by atoms with Gasteiger partial charge in [-0.3, -0.25) is 0 Å². The Kier molecular flexibility index (Phi) is 3.13. The van der Waals surface area contributed by atoms with Crippen molar-refractivity contribution in [2.45, 2.75) is 27.2 Å². The number of aromatic hydroxyl groups is 1. The van der Waals surface area contributed by atoms with Gasteiger partial charge in [-0.1, -0.05) is 25.1 Å². The SMILES string of the molecule is C/C=c1/c(O)cc(C)c/c1=C/CC. The summed E-state index contributed by atoms with van der Waals surface area (Å²) in [4.78, 5) is 0. The Balaban J connectivity index is 3.59. The lowest BCUT2D eigenvalue weighted by Gasteiger charge is -1.98. The largest absolute Gasteiger partial charge is 0.507 e. The number of hydrogen-bond donors (Lipinski definition) is 1. The lowest BCUT2D eigenvalue weighted by molar-refractivity contribution is 0.469. The molecule has 0 fully saturated rings. The first kappa shape index (κ1) is 9.85. The molecule has 0 aromatic heterocycles. The summed E-state index contributed by atoms with van der Waals surface area (Å²) >= 11 is 0. The summed E-state index contributed by atoms with van der Waals surface area (Å²) in [6.45, 7) is 6.03. The van der Waals surface area contributed by atoms with Crippen LogP contribution in [0.3, 0.4) is 0 Å². The molecule has 0 aliphatic heterocycles. The van der Waals surface area contributed by atoms with Crippen LogP contribution in [0.1, 0.15) is 25.8 Å². The highest BCUT2D eigenvalue weighted by Gasteiger charge is 1.94. The number of benzene rings is 1. The Bertz CT molecular complexity index is 402. The number of aryl methyl sites for hydroxylation is 1. The van der Waals surface area contributed by atoms with Gasteiger partial charge in [0, 0.05) is 5.22 Å². The maximum atomic E-state index is 9.65. The van der Waals surface area contributed by atoms with Crippen LogP contribution < -0.4 is 10.4 Å². The molecular weight excluding hydrogens is 160 g/mol. The van der Waals surface area contributed by atoms with Crippen LogP contribution in [-0.2, 0) is 0 Å². The molecule has 0 aliphatic carbocycles. The second-order valence-corrected chi connectivity index (χ2v) is 3.19. The molecule has 1 aromatic rings. The van der Waals surface area contributed by atoms with E-state index in [0.29, 0.717) is 5.75 Å². The molecule has 0 amide bonds. The molecule has 0 atom stereocenters. The first-order valence-electron chi connectivity index (χ1n) is 4.65.